The van der Waals surface area contributed by atoms with E-state index in [0.717, 1.165) is 17.0 Å². The van der Waals surface area contributed by atoms with Crippen molar-refractivity contribution in [3.63, 3.8) is 0 Å². The third-order valence-corrected chi connectivity index (χ3v) is 12.0. The second kappa shape index (κ2) is 17.4. The molecule has 42 heavy (non-hydrogen) atoms. The van der Waals surface area contributed by atoms with Gasteiger partial charge in [-0.15, -0.1) is 0 Å². The summed E-state index contributed by atoms with van der Waals surface area (Å²) in [6.07, 6.45) is 16.7. The quantitative estimate of drug-likeness (QED) is 0.125. The molecule has 232 valence electrons. The molecule has 0 aliphatic heterocycles. The maximum atomic E-state index is 13.1. The second-order valence-corrected chi connectivity index (χ2v) is 18.7. The average Bonchev–Trinajstić information content (AvgIpc) is 2.88. The Hall–Kier alpha value is -2.67. The molecule has 0 unspecified atom stereocenters. The highest BCUT2D eigenvalue weighted by molar-refractivity contribution is 6.74. The first-order valence-corrected chi connectivity index (χ1v) is 18.0. The Labute approximate surface area is 261 Å². The van der Waals surface area contributed by atoms with Gasteiger partial charge >= 0.3 is 0 Å². The smallest absolute Gasteiger partial charge is 0.247 e. The first-order valence-electron chi connectivity index (χ1n) is 14.7. The summed E-state index contributed by atoms with van der Waals surface area (Å²) < 4.78 is 6.61. The van der Waals surface area contributed by atoms with E-state index in [9.17, 15) is 9.59 Å². The van der Waals surface area contributed by atoms with Gasteiger partial charge in [0.2, 0.25) is 11.8 Å². The molecule has 1 aromatic carbocycles. The van der Waals surface area contributed by atoms with Gasteiger partial charge in [-0.3, -0.25) is 9.59 Å². The Morgan fingerprint density at radius 1 is 0.952 bits per heavy atom. The Morgan fingerprint density at radius 3 is 2.14 bits per heavy atom. The van der Waals surface area contributed by atoms with Crippen LogP contribution in [0.2, 0.25) is 18.1 Å². The molecule has 0 fully saturated rings. The van der Waals surface area contributed by atoms with Crippen LogP contribution in [-0.2, 0) is 20.4 Å². The molecule has 0 saturated carbocycles. The largest absolute Gasteiger partial charge is 0.413 e. The summed E-state index contributed by atoms with van der Waals surface area (Å²) in [5.41, 5.74) is 1.87. The number of allylic oxidation sites excluding steroid dienone is 6. The van der Waals surface area contributed by atoms with Crippen molar-refractivity contribution in [3.8, 4) is 0 Å². The summed E-state index contributed by atoms with van der Waals surface area (Å²) in [4.78, 5) is 25.7. The van der Waals surface area contributed by atoms with E-state index >= 15 is 0 Å². The fourth-order valence-corrected chi connectivity index (χ4v) is 5.17. The van der Waals surface area contributed by atoms with Gasteiger partial charge in [0.1, 0.15) is 6.04 Å². The maximum absolute atomic E-state index is 13.1. The third-order valence-electron chi connectivity index (χ3n) is 7.31. The van der Waals surface area contributed by atoms with Gasteiger partial charge in [-0.1, -0.05) is 126 Å². The Kier molecular flexibility index (Phi) is 15.5. The zero-order chi connectivity index (χ0) is 32.0. The summed E-state index contributed by atoms with van der Waals surface area (Å²) in [7, 11) is -1.98. The van der Waals surface area contributed by atoms with Crippen LogP contribution in [0, 0.1) is 5.41 Å². The summed E-state index contributed by atoms with van der Waals surface area (Å²) in [6.45, 7) is 20.8. The van der Waals surface area contributed by atoms with Crippen molar-refractivity contribution >= 4 is 31.7 Å². The number of benzene rings is 1. The average molecular weight is 613 g/mol. The predicted molar refractivity (Wildman–Crippen MR) is 182 cm³/mol. The molecule has 5 nitrogen and oxygen atoms in total. The standard InChI is InChI=1S/C35H53ClN2O3Si/c1-27(22-24-29-18-12-11-13-19-29)17-14-15-21-31(39)38-32(34(3,4)5)33(40)37-26-16-20-30(25-23-28(2)36)41-42(9,10)35(6,7)8/h11-19,21-23,26,30,32H,20,24-25H2,1-10H3,(H,37,40)(H,38,39)/t30-,32-/m1/s1. The molecule has 0 heterocycles. The van der Waals surface area contributed by atoms with Crippen LogP contribution < -0.4 is 10.6 Å². The van der Waals surface area contributed by atoms with E-state index in [0.29, 0.717) is 12.8 Å². The van der Waals surface area contributed by atoms with Crippen LogP contribution in [0.3, 0.4) is 0 Å². The van der Waals surface area contributed by atoms with Gasteiger partial charge < -0.3 is 15.1 Å². The minimum Gasteiger partial charge on any atom is -0.413 e. The molecule has 0 saturated heterocycles. The molecule has 0 aliphatic rings. The Bertz CT molecular complexity index is 1150. The van der Waals surface area contributed by atoms with Crippen LogP contribution in [0.1, 0.15) is 73.8 Å². The van der Waals surface area contributed by atoms with E-state index in [1.165, 1.54) is 11.6 Å². The van der Waals surface area contributed by atoms with Gasteiger partial charge in [-0.05, 0) is 68.4 Å². The SMILES string of the molecule is CC(Cl)=CC[C@@H](CC=CNC(=O)[C@@H](NC(=O)C=CC=CC(C)=CCc1ccccc1)C(C)(C)C)O[Si](C)(C)C(C)(C)C. The monoisotopic (exact) mass is 612 g/mol. The van der Waals surface area contributed by atoms with Gasteiger partial charge in [0.25, 0.3) is 0 Å². The first kappa shape index (κ1) is 37.4. The van der Waals surface area contributed by atoms with Crippen molar-refractivity contribution in [1.29, 1.82) is 0 Å². The van der Waals surface area contributed by atoms with E-state index in [2.05, 4.69) is 62.7 Å². The summed E-state index contributed by atoms with van der Waals surface area (Å²) in [5, 5.41) is 6.53. The zero-order valence-corrected chi connectivity index (χ0v) is 29.1. The van der Waals surface area contributed by atoms with Gasteiger partial charge in [-0.25, -0.2) is 0 Å². The normalized spacial score (nSPS) is 15.4. The van der Waals surface area contributed by atoms with Crippen LogP contribution in [0.5, 0.6) is 0 Å². The number of nitrogens with one attached hydrogen (secondary N) is 2. The van der Waals surface area contributed by atoms with Crippen LogP contribution >= 0.6 is 11.6 Å². The highest BCUT2D eigenvalue weighted by Crippen LogP contribution is 2.38. The second-order valence-electron chi connectivity index (χ2n) is 13.3. The number of amides is 2. The highest BCUT2D eigenvalue weighted by atomic mass is 35.5. The summed E-state index contributed by atoms with van der Waals surface area (Å²) in [6, 6.07) is 9.54. The number of carbonyl (C=O) groups excluding carboxylic acids is 2. The van der Waals surface area contributed by atoms with Crippen LogP contribution in [0.25, 0.3) is 0 Å². The van der Waals surface area contributed by atoms with Crippen molar-refractivity contribution in [2.75, 3.05) is 0 Å². The lowest BCUT2D eigenvalue weighted by Gasteiger charge is -2.39. The van der Waals surface area contributed by atoms with Crippen molar-refractivity contribution in [1.82, 2.24) is 10.6 Å². The molecule has 2 amide bonds. The zero-order valence-electron chi connectivity index (χ0n) is 27.4. The summed E-state index contributed by atoms with van der Waals surface area (Å²) >= 11 is 6.09. The van der Waals surface area contributed by atoms with Gasteiger partial charge in [0.15, 0.2) is 8.32 Å². The molecule has 1 aromatic rings. The molecular formula is C35H53ClN2O3Si. The van der Waals surface area contributed by atoms with Crippen molar-refractivity contribution < 1.29 is 14.0 Å². The molecule has 0 bridgehead atoms. The lowest BCUT2D eigenvalue weighted by molar-refractivity contribution is -0.129. The number of rotatable bonds is 14. The minimum absolute atomic E-state index is 0.0409. The fourth-order valence-electron chi connectivity index (χ4n) is 3.70. The van der Waals surface area contributed by atoms with Gasteiger partial charge in [0, 0.05) is 11.1 Å². The van der Waals surface area contributed by atoms with Crippen molar-refractivity contribution in [2.45, 2.75) is 105 Å². The molecule has 2 N–H and O–H groups in total. The lowest BCUT2D eigenvalue weighted by Crippen LogP contribution is -2.52. The van der Waals surface area contributed by atoms with E-state index in [4.69, 9.17) is 16.0 Å². The van der Waals surface area contributed by atoms with Crippen molar-refractivity contribution in [2.24, 2.45) is 5.41 Å². The van der Waals surface area contributed by atoms with E-state index < -0.39 is 19.8 Å². The molecule has 1 rings (SSSR count). The number of halogens is 1. The van der Waals surface area contributed by atoms with Crippen LogP contribution in [0.15, 0.2) is 89.7 Å². The minimum atomic E-state index is -1.98. The maximum Gasteiger partial charge on any atom is 0.247 e. The topological polar surface area (TPSA) is 67.4 Å². The number of carbonyl (C=O) groups is 2. The molecular weight excluding hydrogens is 560 g/mol. The van der Waals surface area contributed by atoms with Crippen LogP contribution in [0.4, 0.5) is 0 Å². The Morgan fingerprint density at radius 2 is 1.57 bits per heavy atom. The predicted octanol–water partition coefficient (Wildman–Crippen LogP) is 8.76. The Balaban J connectivity index is 2.76. The van der Waals surface area contributed by atoms with E-state index in [1.807, 2.05) is 77.1 Å². The molecule has 7 heteroatoms. The van der Waals surface area contributed by atoms with Gasteiger partial charge in [0.05, 0.1) is 6.10 Å². The fraction of sp³-hybridized carbons (Fsp3) is 0.486. The molecule has 2 atom stereocenters. The molecule has 0 spiro atoms. The van der Waals surface area contributed by atoms with Crippen LogP contribution in [-0.4, -0.2) is 32.3 Å². The summed E-state index contributed by atoms with van der Waals surface area (Å²) in [5.74, 6) is -0.593. The molecule has 0 radical (unpaired) electrons. The number of hydrogen-bond donors (Lipinski definition) is 2. The first-order chi connectivity index (χ1) is 19.4. The van der Waals surface area contributed by atoms with E-state index in [1.54, 1.807) is 12.3 Å². The highest BCUT2D eigenvalue weighted by Gasteiger charge is 2.38. The van der Waals surface area contributed by atoms with Gasteiger partial charge in [-0.2, -0.15) is 0 Å². The lowest BCUT2D eigenvalue weighted by atomic mass is 9.86. The van der Waals surface area contributed by atoms with Crippen molar-refractivity contribution in [3.05, 3.63) is 95.2 Å². The molecule has 0 aromatic heterocycles. The van der Waals surface area contributed by atoms with E-state index in [-0.39, 0.29) is 23.0 Å². The third kappa shape index (κ3) is 15.0. The number of hydrogen-bond acceptors (Lipinski definition) is 3. The molecule has 0 aliphatic carbocycles.